The molecule has 2 unspecified atom stereocenters. The average Bonchev–Trinajstić information content (AvgIpc) is 2.39. The smallest absolute Gasteiger partial charge is 0.315 e. The van der Waals surface area contributed by atoms with Crippen LogP contribution in [0.1, 0.15) is 47.0 Å². The molecule has 0 radical (unpaired) electrons. The van der Waals surface area contributed by atoms with Gasteiger partial charge < -0.3 is 15.7 Å². The van der Waals surface area contributed by atoms with Gasteiger partial charge in [0.25, 0.3) is 0 Å². The van der Waals surface area contributed by atoms with Crippen LogP contribution in [0, 0.1) is 11.8 Å². The van der Waals surface area contributed by atoms with Crippen molar-refractivity contribution in [1.82, 2.24) is 10.6 Å². The van der Waals surface area contributed by atoms with E-state index in [0.29, 0.717) is 24.8 Å². The zero-order valence-corrected chi connectivity index (χ0v) is 14.5. The molecule has 124 valence electrons. The molecular formula is C15H30N2O3S. The number of carboxylic acids is 1. The SMILES string of the molecule is CCSCC(C)NC(=O)NCCC(CCC(=O)O)C(C)C. The van der Waals surface area contributed by atoms with Crippen molar-refractivity contribution in [3.8, 4) is 0 Å². The van der Waals surface area contributed by atoms with Crippen molar-refractivity contribution in [2.24, 2.45) is 11.8 Å². The molecule has 3 N–H and O–H groups in total. The summed E-state index contributed by atoms with van der Waals surface area (Å²) in [6.45, 7) is 8.86. The van der Waals surface area contributed by atoms with Gasteiger partial charge in [-0.1, -0.05) is 20.8 Å². The fourth-order valence-electron chi connectivity index (χ4n) is 2.10. The normalized spacial score (nSPS) is 13.8. The van der Waals surface area contributed by atoms with Crippen LogP contribution in [-0.4, -0.2) is 41.2 Å². The largest absolute Gasteiger partial charge is 0.481 e. The molecule has 5 nitrogen and oxygen atoms in total. The number of hydrogen-bond donors (Lipinski definition) is 3. The summed E-state index contributed by atoms with van der Waals surface area (Å²) < 4.78 is 0. The lowest BCUT2D eigenvalue weighted by Gasteiger charge is -2.20. The predicted octanol–water partition coefficient (Wildman–Crippen LogP) is 2.95. The Morgan fingerprint density at radius 1 is 1.19 bits per heavy atom. The first kappa shape index (κ1) is 20.1. The van der Waals surface area contributed by atoms with Crippen LogP contribution in [0.5, 0.6) is 0 Å². The first-order valence-electron chi connectivity index (χ1n) is 7.70. The number of carboxylic acid groups (broad SMARTS) is 1. The van der Waals surface area contributed by atoms with Gasteiger partial charge in [0, 0.05) is 24.8 Å². The van der Waals surface area contributed by atoms with Crippen molar-refractivity contribution >= 4 is 23.8 Å². The van der Waals surface area contributed by atoms with E-state index in [4.69, 9.17) is 5.11 Å². The molecule has 0 saturated carbocycles. The third-order valence-electron chi connectivity index (χ3n) is 3.42. The Hall–Kier alpha value is -0.910. The van der Waals surface area contributed by atoms with Gasteiger partial charge in [-0.15, -0.1) is 0 Å². The van der Waals surface area contributed by atoms with Gasteiger partial charge in [0.2, 0.25) is 0 Å². The molecule has 0 saturated heterocycles. The highest BCUT2D eigenvalue weighted by Crippen LogP contribution is 2.20. The van der Waals surface area contributed by atoms with E-state index in [1.165, 1.54) is 0 Å². The van der Waals surface area contributed by atoms with Crippen molar-refractivity contribution in [2.75, 3.05) is 18.1 Å². The van der Waals surface area contributed by atoms with E-state index in [1.807, 2.05) is 6.92 Å². The number of amides is 2. The Morgan fingerprint density at radius 2 is 1.86 bits per heavy atom. The summed E-state index contributed by atoms with van der Waals surface area (Å²) in [5, 5.41) is 14.5. The molecule has 0 bridgehead atoms. The van der Waals surface area contributed by atoms with Gasteiger partial charge in [-0.2, -0.15) is 11.8 Å². The standard InChI is InChI=1S/C15H30N2O3S/c1-5-21-10-12(4)17-15(20)16-9-8-13(11(2)3)6-7-14(18)19/h11-13H,5-10H2,1-4H3,(H,18,19)(H2,16,17,20). The van der Waals surface area contributed by atoms with Crippen LogP contribution >= 0.6 is 11.8 Å². The number of nitrogens with one attached hydrogen (secondary N) is 2. The average molecular weight is 318 g/mol. The lowest BCUT2D eigenvalue weighted by Crippen LogP contribution is -2.42. The van der Waals surface area contributed by atoms with Gasteiger partial charge in [0.1, 0.15) is 0 Å². The number of hydrogen-bond acceptors (Lipinski definition) is 3. The summed E-state index contributed by atoms with van der Waals surface area (Å²) in [7, 11) is 0. The van der Waals surface area contributed by atoms with Crippen molar-refractivity contribution in [3.05, 3.63) is 0 Å². The van der Waals surface area contributed by atoms with Crippen molar-refractivity contribution in [3.63, 3.8) is 0 Å². The summed E-state index contributed by atoms with van der Waals surface area (Å²) in [6, 6.07) is 0.0165. The molecule has 2 amide bonds. The van der Waals surface area contributed by atoms with Gasteiger partial charge in [0.15, 0.2) is 0 Å². The van der Waals surface area contributed by atoms with E-state index in [-0.39, 0.29) is 18.5 Å². The topological polar surface area (TPSA) is 78.4 Å². The second-order valence-corrected chi connectivity index (χ2v) is 7.00. The maximum absolute atomic E-state index is 11.7. The highest BCUT2D eigenvalue weighted by atomic mass is 32.2. The first-order chi connectivity index (χ1) is 9.86. The van der Waals surface area contributed by atoms with E-state index in [2.05, 4.69) is 31.4 Å². The molecule has 0 spiro atoms. The summed E-state index contributed by atoms with van der Waals surface area (Å²) in [5.41, 5.74) is 0. The van der Waals surface area contributed by atoms with Crippen LogP contribution in [0.15, 0.2) is 0 Å². The van der Waals surface area contributed by atoms with Gasteiger partial charge in [-0.3, -0.25) is 4.79 Å². The van der Waals surface area contributed by atoms with Crippen molar-refractivity contribution < 1.29 is 14.7 Å². The first-order valence-corrected chi connectivity index (χ1v) is 8.86. The third kappa shape index (κ3) is 11.4. The van der Waals surface area contributed by atoms with Crippen LogP contribution in [0.2, 0.25) is 0 Å². The van der Waals surface area contributed by atoms with Gasteiger partial charge in [-0.25, -0.2) is 4.79 Å². The maximum Gasteiger partial charge on any atom is 0.315 e. The predicted molar refractivity (Wildman–Crippen MR) is 88.8 cm³/mol. The van der Waals surface area contributed by atoms with E-state index in [9.17, 15) is 9.59 Å². The molecule has 0 heterocycles. The summed E-state index contributed by atoms with van der Waals surface area (Å²) in [6.07, 6.45) is 1.68. The zero-order valence-electron chi connectivity index (χ0n) is 13.6. The number of rotatable bonds is 11. The Morgan fingerprint density at radius 3 is 2.38 bits per heavy atom. The Kier molecular flexibility index (Phi) is 11.2. The Balaban J connectivity index is 3.91. The summed E-state index contributed by atoms with van der Waals surface area (Å²) in [4.78, 5) is 22.3. The minimum Gasteiger partial charge on any atom is -0.481 e. The molecule has 6 heteroatoms. The van der Waals surface area contributed by atoms with E-state index in [0.717, 1.165) is 17.9 Å². The second-order valence-electron chi connectivity index (χ2n) is 5.69. The zero-order chi connectivity index (χ0) is 16.3. The van der Waals surface area contributed by atoms with Crippen molar-refractivity contribution in [1.29, 1.82) is 0 Å². The molecule has 0 aromatic heterocycles. The molecule has 2 atom stereocenters. The van der Waals surface area contributed by atoms with E-state index >= 15 is 0 Å². The van der Waals surface area contributed by atoms with Gasteiger partial charge >= 0.3 is 12.0 Å². The molecule has 0 aliphatic rings. The molecule has 0 aromatic rings. The minimum absolute atomic E-state index is 0.139. The van der Waals surface area contributed by atoms with Crippen molar-refractivity contribution in [2.45, 2.75) is 53.0 Å². The highest BCUT2D eigenvalue weighted by molar-refractivity contribution is 7.99. The quantitative estimate of drug-likeness (QED) is 0.547. The van der Waals surface area contributed by atoms with Crippen LogP contribution in [0.3, 0.4) is 0 Å². The lowest BCUT2D eigenvalue weighted by atomic mass is 9.88. The molecule has 0 rings (SSSR count). The number of thioether (sulfide) groups is 1. The van der Waals surface area contributed by atoms with Gasteiger partial charge in [0.05, 0.1) is 0 Å². The van der Waals surface area contributed by atoms with Crippen LogP contribution < -0.4 is 10.6 Å². The summed E-state index contributed by atoms with van der Waals surface area (Å²) >= 11 is 1.80. The van der Waals surface area contributed by atoms with Crippen LogP contribution in [0.4, 0.5) is 4.79 Å². The Bertz CT molecular complexity index is 311. The molecular weight excluding hydrogens is 288 g/mol. The minimum atomic E-state index is -0.756. The maximum atomic E-state index is 11.7. The van der Waals surface area contributed by atoms with Crippen LogP contribution in [-0.2, 0) is 4.79 Å². The number of aliphatic carboxylic acids is 1. The number of carbonyl (C=O) groups is 2. The van der Waals surface area contributed by atoms with Gasteiger partial charge in [-0.05, 0) is 37.4 Å². The number of carbonyl (C=O) groups excluding carboxylic acids is 1. The highest BCUT2D eigenvalue weighted by Gasteiger charge is 2.15. The molecule has 0 aromatic carbocycles. The fraction of sp³-hybridized carbons (Fsp3) is 0.867. The summed E-state index contributed by atoms with van der Waals surface area (Å²) in [5.74, 6) is 1.96. The molecule has 0 fully saturated rings. The monoisotopic (exact) mass is 318 g/mol. The van der Waals surface area contributed by atoms with E-state index in [1.54, 1.807) is 11.8 Å². The molecule has 0 aliphatic carbocycles. The van der Waals surface area contributed by atoms with E-state index < -0.39 is 5.97 Å². The lowest BCUT2D eigenvalue weighted by molar-refractivity contribution is -0.137. The van der Waals surface area contributed by atoms with Crippen LogP contribution in [0.25, 0.3) is 0 Å². The second kappa shape index (κ2) is 11.7. The third-order valence-corrected chi connectivity index (χ3v) is 4.57. The Labute approximate surface area is 132 Å². The molecule has 0 aliphatic heterocycles. The fourth-order valence-corrected chi connectivity index (χ4v) is 2.77. The number of urea groups is 1. The molecule has 21 heavy (non-hydrogen) atoms.